The molecule has 2 nitrogen and oxygen atoms in total. The molecular weight excluding hydrogens is 302 g/mol. The van der Waals surface area contributed by atoms with E-state index in [4.69, 9.17) is 4.42 Å². The van der Waals surface area contributed by atoms with Crippen molar-refractivity contribution in [3.63, 3.8) is 0 Å². The van der Waals surface area contributed by atoms with Crippen molar-refractivity contribution in [1.29, 1.82) is 0 Å². The van der Waals surface area contributed by atoms with Gasteiger partial charge in [0.25, 0.3) is 0 Å². The Morgan fingerprint density at radius 3 is 2.53 bits per heavy atom. The molecular formula is C16H26BrNO. The first kappa shape index (κ1) is 15.1. The van der Waals surface area contributed by atoms with E-state index in [1.165, 1.54) is 32.1 Å². The lowest BCUT2D eigenvalue weighted by Crippen LogP contribution is -2.36. The van der Waals surface area contributed by atoms with Crippen LogP contribution in [0.3, 0.4) is 0 Å². The number of hydrogen-bond acceptors (Lipinski definition) is 2. The van der Waals surface area contributed by atoms with Gasteiger partial charge >= 0.3 is 0 Å². The molecule has 0 unspecified atom stereocenters. The van der Waals surface area contributed by atoms with Gasteiger partial charge in [-0.05, 0) is 59.0 Å². The molecule has 1 aromatic rings. The van der Waals surface area contributed by atoms with Gasteiger partial charge in [0.2, 0.25) is 0 Å². The van der Waals surface area contributed by atoms with E-state index in [-0.39, 0.29) is 0 Å². The Balaban J connectivity index is 1.76. The number of nitrogens with one attached hydrogen (secondary N) is 1. The molecule has 1 N–H and O–H groups in total. The Labute approximate surface area is 125 Å². The van der Waals surface area contributed by atoms with E-state index in [1.54, 1.807) is 6.26 Å². The third-order valence-corrected chi connectivity index (χ3v) is 5.69. The summed E-state index contributed by atoms with van der Waals surface area (Å²) >= 11 is 3.50. The Bertz CT molecular complexity index is 391. The van der Waals surface area contributed by atoms with E-state index >= 15 is 0 Å². The lowest BCUT2D eigenvalue weighted by molar-refractivity contribution is 0.136. The SMILES string of the molecule is CCC(C)(C)C1CCC(NCc2occc2Br)CC1. The average Bonchev–Trinajstić information content (AvgIpc) is 2.82. The van der Waals surface area contributed by atoms with Gasteiger partial charge in [-0.15, -0.1) is 0 Å². The number of hydrogen-bond donors (Lipinski definition) is 1. The fourth-order valence-electron chi connectivity index (χ4n) is 3.06. The lowest BCUT2D eigenvalue weighted by atomic mass is 9.69. The second-order valence-electron chi connectivity index (χ2n) is 6.46. The highest BCUT2D eigenvalue weighted by molar-refractivity contribution is 9.10. The van der Waals surface area contributed by atoms with Crippen LogP contribution in [0.2, 0.25) is 0 Å². The molecule has 1 aliphatic rings. The van der Waals surface area contributed by atoms with Gasteiger partial charge in [-0.25, -0.2) is 0 Å². The van der Waals surface area contributed by atoms with Gasteiger partial charge in [0.15, 0.2) is 0 Å². The first-order valence-electron chi connectivity index (χ1n) is 7.48. The zero-order valence-corrected chi connectivity index (χ0v) is 13.9. The third-order valence-electron chi connectivity index (χ3n) is 4.99. The maximum atomic E-state index is 5.44. The average molecular weight is 328 g/mol. The highest BCUT2D eigenvalue weighted by Gasteiger charge is 2.31. The van der Waals surface area contributed by atoms with Crippen molar-refractivity contribution in [2.45, 2.75) is 65.5 Å². The molecule has 1 aliphatic carbocycles. The molecule has 1 fully saturated rings. The smallest absolute Gasteiger partial charge is 0.131 e. The number of halogens is 1. The summed E-state index contributed by atoms with van der Waals surface area (Å²) < 4.78 is 6.51. The normalized spacial score (nSPS) is 24.6. The summed E-state index contributed by atoms with van der Waals surface area (Å²) in [5.41, 5.74) is 0.509. The van der Waals surface area contributed by atoms with Gasteiger partial charge in [-0.2, -0.15) is 0 Å². The van der Waals surface area contributed by atoms with Crippen molar-refractivity contribution in [1.82, 2.24) is 5.32 Å². The van der Waals surface area contributed by atoms with E-state index in [0.29, 0.717) is 11.5 Å². The molecule has 0 atom stereocenters. The van der Waals surface area contributed by atoms with E-state index in [2.05, 4.69) is 42.0 Å². The molecule has 0 aromatic carbocycles. The first-order chi connectivity index (χ1) is 9.03. The minimum Gasteiger partial charge on any atom is -0.467 e. The van der Waals surface area contributed by atoms with Crippen LogP contribution >= 0.6 is 15.9 Å². The number of rotatable bonds is 5. The van der Waals surface area contributed by atoms with Gasteiger partial charge in [-0.3, -0.25) is 0 Å². The van der Waals surface area contributed by atoms with Gasteiger partial charge in [0, 0.05) is 6.04 Å². The molecule has 0 amide bonds. The highest BCUT2D eigenvalue weighted by atomic mass is 79.9. The van der Waals surface area contributed by atoms with Crippen LogP contribution in [0.15, 0.2) is 21.2 Å². The van der Waals surface area contributed by atoms with Crippen LogP contribution < -0.4 is 5.32 Å². The van der Waals surface area contributed by atoms with Crippen LogP contribution in [-0.4, -0.2) is 6.04 Å². The summed E-state index contributed by atoms with van der Waals surface area (Å²) in [5.74, 6) is 1.90. The van der Waals surface area contributed by atoms with Crippen molar-refractivity contribution in [3.8, 4) is 0 Å². The fraction of sp³-hybridized carbons (Fsp3) is 0.750. The van der Waals surface area contributed by atoms with Gasteiger partial charge in [0.05, 0.1) is 17.3 Å². The van der Waals surface area contributed by atoms with Crippen LogP contribution in [0.4, 0.5) is 0 Å². The second kappa shape index (κ2) is 6.45. The topological polar surface area (TPSA) is 25.2 Å². The molecule has 0 saturated heterocycles. The third kappa shape index (κ3) is 3.85. The van der Waals surface area contributed by atoms with Crippen molar-refractivity contribution in [3.05, 3.63) is 22.6 Å². The predicted octanol–water partition coefficient (Wildman–Crippen LogP) is 5.13. The van der Waals surface area contributed by atoms with Crippen LogP contribution in [0.5, 0.6) is 0 Å². The maximum absolute atomic E-state index is 5.44. The molecule has 1 saturated carbocycles. The summed E-state index contributed by atoms with van der Waals surface area (Å²) in [7, 11) is 0. The zero-order valence-electron chi connectivity index (χ0n) is 12.3. The molecule has 0 radical (unpaired) electrons. The maximum Gasteiger partial charge on any atom is 0.131 e. The van der Waals surface area contributed by atoms with Gasteiger partial charge < -0.3 is 9.73 Å². The predicted molar refractivity (Wildman–Crippen MR) is 83.1 cm³/mol. The van der Waals surface area contributed by atoms with Gasteiger partial charge in [0.1, 0.15) is 5.76 Å². The molecule has 1 heterocycles. The molecule has 108 valence electrons. The second-order valence-corrected chi connectivity index (χ2v) is 7.32. The molecule has 19 heavy (non-hydrogen) atoms. The molecule has 0 spiro atoms. The Kier molecular flexibility index (Phi) is 5.13. The van der Waals surface area contributed by atoms with E-state index < -0.39 is 0 Å². The molecule has 1 aromatic heterocycles. The highest BCUT2D eigenvalue weighted by Crippen LogP contribution is 2.40. The minimum atomic E-state index is 0.509. The molecule has 0 aliphatic heterocycles. The first-order valence-corrected chi connectivity index (χ1v) is 8.27. The van der Waals surface area contributed by atoms with E-state index in [0.717, 1.165) is 22.7 Å². The van der Waals surface area contributed by atoms with Crippen molar-refractivity contribution >= 4 is 15.9 Å². The Morgan fingerprint density at radius 1 is 1.32 bits per heavy atom. The van der Waals surface area contributed by atoms with Crippen LogP contribution in [0.25, 0.3) is 0 Å². The Hall–Kier alpha value is -0.280. The van der Waals surface area contributed by atoms with Crippen LogP contribution in [0, 0.1) is 11.3 Å². The standard InChI is InChI=1S/C16H26BrNO/c1-4-16(2,3)12-5-7-13(8-6-12)18-11-15-14(17)9-10-19-15/h9-10,12-13,18H,4-8,11H2,1-3H3. The molecule has 0 bridgehead atoms. The van der Waals surface area contributed by atoms with Crippen LogP contribution in [-0.2, 0) is 6.54 Å². The summed E-state index contributed by atoms with van der Waals surface area (Å²) in [6, 6.07) is 2.61. The summed E-state index contributed by atoms with van der Waals surface area (Å²) in [6.45, 7) is 8.00. The largest absolute Gasteiger partial charge is 0.467 e. The van der Waals surface area contributed by atoms with Crippen molar-refractivity contribution in [2.75, 3.05) is 0 Å². The van der Waals surface area contributed by atoms with Crippen molar-refractivity contribution < 1.29 is 4.42 Å². The van der Waals surface area contributed by atoms with E-state index in [9.17, 15) is 0 Å². The van der Waals surface area contributed by atoms with Gasteiger partial charge in [-0.1, -0.05) is 27.2 Å². The summed E-state index contributed by atoms with van der Waals surface area (Å²) in [5, 5.41) is 3.63. The summed E-state index contributed by atoms with van der Waals surface area (Å²) in [4.78, 5) is 0. The van der Waals surface area contributed by atoms with E-state index in [1.807, 2.05) is 6.07 Å². The minimum absolute atomic E-state index is 0.509. The molecule has 3 heteroatoms. The zero-order chi connectivity index (χ0) is 13.9. The molecule has 2 rings (SSSR count). The quantitative estimate of drug-likeness (QED) is 0.811. The monoisotopic (exact) mass is 327 g/mol. The van der Waals surface area contributed by atoms with Crippen molar-refractivity contribution in [2.24, 2.45) is 11.3 Å². The lowest BCUT2D eigenvalue weighted by Gasteiger charge is -2.39. The fourth-order valence-corrected chi connectivity index (χ4v) is 3.40. The Morgan fingerprint density at radius 2 is 2.00 bits per heavy atom. The summed E-state index contributed by atoms with van der Waals surface area (Å²) in [6.07, 6.45) is 8.34. The number of furan rings is 1. The van der Waals surface area contributed by atoms with Crippen LogP contribution in [0.1, 0.15) is 58.6 Å².